The first-order chi connectivity index (χ1) is 8.56. The number of rotatable bonds is 6. The van der Waals surface area contributed by atoms with Crippen LogP contribution in [0.3, 0.4) is 0 Å². The Balaban J connectivity index is 2.44. The van der Waals surface area contributed by atoms with Crippen LogP contribution in [0.25, 0.3) is 0 Å². The SMILES string of the molecule is COCC(C)NC(=NC(C)C(=O)NC1CC1)NN. The van der Waals surface area contributed by atoms with E-state index >= 15 is 0 Å². The van der Waals surface area contributed by atoms with E-state index in [1.807, 2.05) is 6.92 Å². The van der Waals surface area contributed by atoms with Gasteiger partial charge in [-0.2, -0.15) is 0 Å². The van der Waals surface area contributed by atoms with Gasteiger partial charge in [-0.1, -0.05) is 0 Å². The summed E-state index contributed by atoms with van der Waals surface area (Å²) < 4.78 is 5.00. The predicted octanol–water partition coefficient (Wildman–Crippen LogP) is -0.903. The second-order valence-electron chi connectivity index (χ2n) is 4.58. The molecule has 0 aliphatic heterocycles. The molecular weight excluding hydrogens is 234 g/mol. The number of aliphatic imine (C=N–C) groups is 1. The van der Waals surface area contributed by atoms with Crippen molar-refractivity contribution in [2.75, 3.05) is 13.7 Å². The summed E-state index contributed by atoms with van der Waals surface area (Å²) in [6.07, 6.45) is 2.13. The number of hydrazine groups is 1. The van der Waals surface area contributed by atoms with Gasteiger partial charge in [0.1, 0.15) is 6.04 Å². The molecule has 1 aliphatic carbocycles. The third-order valence-electron chi connectivity index (χ3n) is 2.56. The van der Waals surface area contributed by atoms with Crippen LogP contribution < -0.4 is 21.9 Å². The molecule has 2 atom stereocenters. The van der Waals surface area contributed by atoms with Crippen molar-refractivity contribution in [3.05, 3.63) is 0 Å². The third kappa shape index (κ3) is 5.33. The van der Waals surface area contributed by atoms with Crippen LogP contribution in [0, 0.1) is 0 Å². The van der Waals surface area contributed by atoms with Crippen LogP contribution in [-0.2, 0) is 9.53 Å². The Hall–Kier alpha value is -1.34. The summed E-state index contributed by atoms with van der Waals surface area (Å²) in [6, 6.07) is -0.0767. The molecule has 18 heavy (non-hydrogen) atoms. The van der Waals surface area contributed by atoms with Crippen molar-refractivity contribution >= 4 is 11.9 Å². The summed E-state index contributed by atoms with van der Waals surface area (Å²) >= 11 is 0. The molecule has 7 heteroatoms. The maximum atomic E-state index is 11.7. The fourth-order valence-corrected chi connectivity index (χ4v) is 1.44. The van der Waals surface area contributed by atoms with Crippen LogP contribution in [0.15, 0.2) is 4.99 Å². The Labute approximate surface area is 108 Å². The fraction of sp³-hybridized carbons (Fsp3) is 0.818. The van der Waals surface area contributed by atoms with E-state index < -0.39 is 6.04 Å². The van der Waals surface area contributed by atoms with Crippen LogP contribution >= 0.6 is 0 Å². The Morgan fingerprint density at radius 1 is 1.50 bits per heavy atom. The molecule has 1 amide bonds. The zero-order valence-electron chi connectivity index (χ0n) is 11.2. The number of amides is 1. The van der Waals surface area contributed by atoms with Crippen molar-refractivity contribution in [3.8, 4) is 0 Å². The quantitative estimate of drug-likeness (QED) is 0.214. The van der Waals surface area contributed by atoms with Gasteiger partial charge in [0.15, 0.2) is 0 Å². The molecule has 1 aliphatic rings. The molecule has 0 aromatic carbocycles. The average molecular weight is 257 g/mol. The number of carbonyl (C=O) groups excluding carboxylic acids is 1. The molecule has 0 saturated heterocycles. The minimum atomic E-state index is -0.473. The number of guanidine groups is 1. The number of nitrogens with zero attached hydrogens (tertiary/aromatic N) is 1. The van der Waals surface area contributed by atoms with Gasteiger partial charge in [0.2, 0.25) is 11.9 Å². The van der Waals surface area contributed by atoms with Crippen LogP contribution in [0.5, 0.6) is 0 Å². The van der Waals surface area contributed by atoms with Crippen molar-refractivity contribution in [2.24, 2.45) is 10.8 Å². The molecule has 0 bridgehead atoms. The lowest BCUT2D eigenvalue weighted by Crippen LogP contribution is -2.48. The molecule has 5 N–H and O–H groups in total. The Morgan fingerprint density at radius 2 is 2.17 bits per heavy atom. The van der Waals surface area contributed by atoms with Gasteiger partial charge in [0, 0.05) is 19.2 Å². The van der Waals surface area contributed by atoms with Crippen LogP contribution in [0.4, 0.5) is 0 Å². The molecular formula is C11H23N5O2. The van der Waals surface area contributed by atoms with E-state index in [-0.39, 0.29) is 11.9 Å². The van der Waals surface area contributed by atoms with Gasteiger partial charge >= 0.3 is 0 Å². The molecule has 1 rings (SSSR count). The van der Waals surface area contributed by atoms with Gasteiger partial charge in [-0.15, -0.1) is 0 Å². The Morgan fingerprint density at radius 3 is 2.67 bits per heavy atom. The summed E-state index contributed by atoms with van der Waals surface area (Å²) in [5.41, 5.74) is 2.45. The zero-order chi connectivity index (χ0) is 13.5. The smallest absolute Gasteiger partial charge is 0.244 e. The van der Waals surface area contributed by atoms with Gasteiger partial charge in [-0.3, -0.25) is 10.2 Å². The van der Waals surface area contributed by atoms with Crippen LogP contribution in [0.1, 0.15) is 26.7 Å². The number of methoxy groups -OCH3 is 1. The lowest BCUT2D eigenvalue weighted by atomic mass is 10.3. The van der Waals surface area contributed by atoms with Gasteiger partial charge in [0.25, 0.3) is 0 Å². The molecule has 0 aromatic heterocycles. The molecule has 0 spiro atoms. The minimum absolute atomic E-state index is 0.0588. The Kier molecular flexibility index (Phi) is 5.87. The zero-order valence-corrected chi connectivity index (χ0v) is 11.2. The lowest BCUT2D eigenvalue weighted by Gasteiger charge is -2.17. The van der Waals surface area contributed by atoms with Crippen molar-refractivity contribution in [3.63, 3.8) is 0 Å². The molecule has 0 heterocycles. The molecule has 1 fully saturated rings. The maximum absolute atomic E-state index is 11.7. The summed E-state index contributed by atoms with van der Waals surface area (Å²) in [7, 11) is 1.62. The van der Waals surface area contributed by atoms with Crippen molar-refractivity contribution < 1.29 is 9.53 Å². The second kappa shape index (κ2) is 7.17. The van der Waals surface area contributed by atoms with E-state index in [9.17, 15) is 4.79 Å². The highest BCUT2D eigenvalue weighted by Gasteiger charge is 2.25. The first-order valence-electron chi connectivity index (χ1n) is 6.17. The summed E-state index contributed by atoms with van der Waals surface area (Å²) in [5.74, 6) is 5.67. The summed E-state index contributed by atoms with van der Waals surface area (Å²) in [6.45, 7) is 4.20. The summed E-state index contributed by atoms with van der Waals surface area (Å²) in [5, 5.41) is 5.93. The highest BCUT2D eigenvalue weighted by atomic mass is 16.5. The number of hydrogen-bond acceptors (Lipinski definition) is 4. The van der Waals surface area contributed by atoms with Crippen molar-refractivity contribution in [1.29, 1.82) is 0 Å². The number of nitrogens with one attached hydrogen (secondary N) is 3. The van der Waals surface area contributed by atoms with E-state index in [2.05, 4.69) is 21.1 Å². The van der Waals surface area contributed by atoms with Crippen molar-refractivity contribution in [2.45, 2.75) is 44.8 Å². The molecule has 1 saturated carbocycles. The normalized spacial score (nSPS) is 19.0. The van der Waals surface area contributed by atoms with E-state index in [1.165, 1.54) is 0 Å². The Bertz CT molecular complexity index is 304. The van der Waals surface area contributed by atoms with Crippen LogP contribution in [0.2, 0.25) is 0 Å². The summed E-state index contributed by atoms with van der Waals surface area (Å²) in [4.78, 5) is 15.9. The standard InChI is InChI=1S/C11H23N5O2/c1-7(6-18-3)13-11(16-12)14-8(2)10(17)15-9-4-5-9/h7-9H,4-6,12H2,1-3H3,(H,15,17)(H2,13,14,16). The first kappa shape index (κ1) is 14.7. The molecule has 0 aromatic rings. The average Bonchev–Trinajstić information content (AvgIpc) is 3.12. The molecule has 104 valence electrons. The predicted molar refractivity (Wildman–Crippen MR) is 69.9 cm³/mol. The lowest BCUT2D eigenvalue weighted by molar-refractivity contribution is -0.122. The molecule has 7 nitrogen and oxygen atoms in total. The van der Waals surface area contributed by atoms with Gasteiger partial charge in [-0.05, 0) is 26.7 Å². The fourth-order valence-electron chi connectivity index (χ4n) is 1.44. The number of ether oxygens (including phenoxy) is 1. The highest BCUT2D eigenvalue weighted by Crippen LogP contribution is 2.18. The van der Waals surface area contributed by atoms with E-state index in [1.54, 1.807) is 14.0 Å². The molecule has 2 unspecified atom stereocenters. The van der Waals surface area contributed by atoms with Gasteiger partial charge < -0.3 is 15.4 Å². The highest BCUT2D eigenvalue weighted by molar-refractivity contribution is 5.87. The monoisotopic (exact) mass is 257 g/mol. The number of nitrogens with two attached hydrogens (primary N) is 1. The minimum Gasteiger partial charge on any atom is -0.383 e. The van der Waals surface area contributed by atoms with Crippen molar-refractivity contribution in [1.82, 2.24) is 16.1 Å². The largest absolute Gasteiger partial charge is 0.383 e. The van der Waals surface area contributed by atoms with Gasteiger partial charge in [-0.25, -0.2) is 10.8 Å². The molecule has 0 radical (unpaired) electrons. The first-order valence-corrected chi connectivity index (χ1v) is 6.17. The second-order valence-corrected chi connectivity index (χ2v) is 4.58. The number of carbonyl (C=O) groups is 1. The van der Waals surface area contributed by atoms with E-state index in [0.29, 0.717) is 18.6 Å². The maximum Gasteiger partial charge on any atom is 0.244 e. The van der Waals surface area contributed by atoms with Crippen LogP contribution in [-0.4, -0.2) is 43.7 Å². The third-order valence-corrected chi connectivity index (χ3v) is 2.56. The van der Waals surface area contributed by atoms with E-state index in [0.717, 1.165) is 12.8 Å². The van der Waals surface area contributed by atoms with Gasteiger partial charge in [0.05, 0.1) is 6.61 Å². The topological polar surface area (TPSA) is 101 Å². The van der Waals surface area contributed by atoms with E-state index in [4.69, 9.17) is 10.6 Å². The number of hydrogen-bond donors (Lipinski definition) is 4.